The summed E-state index contributed by atoms with van der Waals surface area (Å²) >= 11 is 0. The van der Waals surface area contributed by atoms with Gasteiger partial charge in [-0.25, -0.2) is 0 Å². The second-order valence-electron chi connectivity index (χ2n) is 7.75. The number of piperidine rings is 1. The third-order valence-electron chi connectivity index (χ3n) is 5.48. The van der Waals surface area contributed by atoms with Crippen LogP contribution in [0.1, 0.15) is 73.1 Å². The van der Waals surface area contributed by atoms with E-state index < -0.39 is 0 Å². The molecule has 0 bridgehead atoms. The van der Waals surface area contributed by atoms with Crippen molar-refractivity contribution in [3.8, 4) is 0 Å². The summed E-state index contributed by atoms with van der Waals surface area (Å²) in [6.45, 7) is 21.9. The highest BCUT2D eigenvalue weighted by atomic mass is 16.5. The zero-order chi connectivity index (χ0) is 19.2. The Bertz CT molecular complexity index is 307. The SMILES string of the molecule is CC.CCCCN1CC(OC2CCN(CCN(CCC)CCC)CC2)C1. The topological polar surface area (TPSA) is 19.0 Å². The molecule has 0 radical (unpaired) electrons. The summed E-state index contributed by atoms with van der Waals surface area (Å²) in [5, 5.41) is 0. The van der Waals surface area contributed by atoms with Crippen LogP contribution in [0, 0.1) is 0 Å². The highest BCUT2D eigenvalue weighted by Gasteiger charge is 2.30. The van der Waals surface area contributed by atoms with E-state index in [9.17, 15) is 0 Å². The van der Waals surface area contributed by atoms with E-state index in [2.05, 4.69) is 35.5 Å². The first-order valence-electron chi connectivity index (χ1n) is 11.6. The van der Waals surface area contributed by atoms with Gasteiger partial charge in [0.25, 0.3) is 0 Å². The van der Waals surface area contributed by atoms with E-state index in [4.69, 9.17) is 4.74 Å². The molecule has 2 aliphatic heterocycles. The summed E-state index contributed by atoms with van der Waals surface area (Å²) in [5.74, 6) is 0. The molecule has 0 aromatic carbocycles. The third-order valence-corrected chi connectivity index (χ3v) is 5.48. The number of unbranched alkanes of at least 4 members (excludes halogenated alkanes) is 1. The lowest BCUT2D eigenvalue weighted by Gasteiger charge is -2.42. The molecule has 2 rings (SSSR count). The number of rotatable bonds is 12. The van der Waals surface area contributed by atoms with Gasteiger partial charge in [-0.2, -0.15) is 0 Å². The molecule has 4 heteroatoms. The first-order chi connectivity index (χ1) is 12.7. The summed E-state index contributed by atoms with van der Waals surface area (Å²) < 4.78 is 6.31. The van der Waals surface area contributed by atoms with Gasteiger partial charge in [0, 0.05) is 39.3 Å². The normalized spacial score (nSPS) is 20.1. The Morgan fingerprint density at radius 1 is 0.769 bits per heavy atom. The largest absolute Gasteiger partial charge is 0.372 e. The average Bonchev–Trinajstić information content (AvgIpc) is 2.64. The Morgan fingerprint density at radius 3 is 1.92 bits per heavy atom. The fourth-order valence-electron chi connectivity index (χ4n) is 3.96. The Hall–Kier alpha value is -0.160. The predicted octanol–water partition coefficient (Wildman–Crippen LogP) is 4.10. The van der Waals surface area contributed by atoms with Gasteiger partial charge >= 0.3 is 0 Å². The second kappa shape index (κ2) is 14.8. The van der Waals surface area contributed by atoms with Crippen molar-refractivity contribution in [3.05, 3.63) is 0 Å². The van der Waals surface area contributed by atoms with Crippen molar-refractivity contribution >= 4 is 0 Å². The third kappa shape index (κ3) is 9.16. The zero-order valence-electron chi connectivity index (χ0n) is 18.5. The predicted molar refractivity (Wildman–Crippen MR) is 114 cm³/mol. The number of hydrogen-bond donors (Lipinski definition) is 0. The Kier molecular flexibility index (Phi) is 13.6. The van der Waals surface area contributed by atoms with E-state index >= 15 is 0 Å². The minimum Gasteiger partial charge on any atom is -0.372 e. The van der Waals surface area contributed by atoms with Gasteiger partial charge < -0.3 is 14.5 Å². The molecule has 2 heterocycles. The first-order valence-corrected chi connectivity index (χ1v) is 11.6. The van der Waals surface area contributed by atoms with E-state index in [0.717, 1.165) is 0 Å². The van der Waals surface area contributed by atoms with Gasteiger partial charge in [-0.05, 0) is 51.7 Å². The molecule has 0 aromatic rings. The van der Waals surface area contributed by atoms with Crippen LogP contribution >= 0.6 is 0 Å². The minimum atomic E-state index is 0.516. The summed E-state index contributed by atoms with van der Waals surface area (Å²) in [4.78, 5) is 7.81. The lowest BCUT2D eigenvalue weighted by molar-refractivity contribution is -0.107. The van der Waals surface area contributed by atoms with Crippen LogP contribution in [0.5, 0.6) is 0 Å². The van der Waals surface area contributed by atoms with Crippen LogP contribution in [-0.2, 0) is 4.74 Å². The fraction of sp³-hybridized carbons (Fsp3) is 1.00. The van der Waals surface area contributed by atoms with Crippen molar-refractivity contribution < 1.29 is 4.74 Å². The lowest BCUT2D eigenvalue weighted by atomic mass is 10.1. The molecular formula is C22H47N3O. The molecule has 2 fully saturated rings. The van der Waals surface area contributed by atoms with Gasteiger partial charge in [-0.15, -0.1) is 0 Å². The molecule has 0 saturated carbocycles. The molecule has 0 amide bonds. The van der Waals surface area contributed by atoms with Crippen molar-refractivity contribution in [2.45, 2.75) is 85.4 Å². The summed E-state index contributed by atoms with van der Waals surface area (Å²) in [5.41, 5.74) is 0. The van der Waals surface area contributed by atoms with Crippen molar-refractivity contribution in [2.75, 3.05) is 58.9 Å². The second-order valence-corrected chi connectivity index (χ2v) is 7.75. The quantitative estimate of drug-likeness (QED) is 0.515. The minimum absolute atomic E-state index is 0.516. The Morgan fingerprint density at radius 2 is 1.38 bits per heavy atom. The molecular weight excluding hydrogens is 322 g/mol. The van der Waals surface area contributed by atoms with Crippen molar-refractivity contribution in [3.63, 3.8) is 0 Å². The van der Waals surface area contributed by atoms with Crippen LogP contribution < -0.4 is 0 Å². The number of ether oxygens (including phenoxy) is 1. The maximum atomic E-state index is 6.31. The Balaban J connectivity index is 0.00000163. The first kappa shape index (κ1) is 23.9. The number of nitrogens with zero attached hydrogens (tertiary/aromatic N) is 3. The van der Waals surface area contributed by atoms with Crippen molar-refractivity contribution in [1.82, 2.24) is 14.7 Å². The van der Waals surface area contributed by atoms with Crippen LogP contribution in [0.25, 0.3) is 0 Å². The standard InChI is InChI=1S/C20H41N3O.C2H6/c1-4-7-12-23-17-20(18-23)24-19-8-13-22(14-9-19)16-15-21(10-5-2)11-6-3;1-2/h19-20H,4-18H2,1-3H3;1-2H3. The Labute approximate surface area is 164 Å². The fourth-order valence-corrected chi connectivity index (χ4v) is 3.96. The van der Waals surface area contributed by atoms with Crippen LogP contribution in [0.4, 0.5) is 0 Å². The molecule has 26 heavy (non-hydrogen) atoms. The molecule has 2 saturated heterocycles. The smallest absolute Gasteiger partial charge is 0.0832 e. The highest BCUT2D eigenvalue weighted by molar-refractivity contribution is 4.83. The maximum absolute atomic E-state index is 6.31. The summed E-state index contributed by atoms with van der Waals surface area (Å²) in [6, 6.07) is 0. The van der Waals surface area contributed by atoms with Crippen molar-refractivity contribution in [1.29, 1.82) is 0 Å². The molecule has 156 valence electrons. The van der Waals surface area contributed by atoms with E-state index in [0.29, 0.717) is 12.2 Å². The van der Waals surface area contributed by atoms with Gasteiger partial charge in [0.1, 0.15) is 0 Å². The average molecular weight is 370 g/mol. The summed E-state index contributed by atoms with van der Waals surface area (Å²) in [6.07, 6.45) is 8.66. The summed E-state index contributed by atoms with van der Waals surface area (Å²) in [7, 11) is 0. The maximum Gasteiger partial charge on any atom is 0.0832 e. The van der Waals surface area contributed by atoms with E-state index in [1.165, 1.54) is 97.4 Å². The van der Waals surface area contributed by atoms with Gasteiger partial charge in [0.2, 0.25) is 0 Å². The van der Waals surface area contributed by atoms with E-state index in [-0.39, 0.29) is 0 Å². The number of likely N-dealkylation sites (tertiary alicyclic amines) is 2. The van der Waals surface area contributed by atoms with Crippen LogP contribution in [0.2, 0.25) is 0 Å². The number of hydrogen-bond acceptors (Lipinski definition) is 4. The highest BCUT2D eigenvalue weighted by Crippen LogP contribution is 2.20. The van der Waals surface area contributed by atoms with Gasteiger partial charge in [-0.3, -0.25) is 4.90 Å². The van der Waals surface area contributed by atoms with Gasteiger partial charge in [0.15, 0.2) is 0 Å². The molecule has 4 nitrogen and oxygen atoms in total. The molecule has 0 unspecified atom stereocenters. The van der Waals surface area contributed by atoms with Crippen molar-refractivity contribution in [2.24, 2.45) is 0 Å². The molecule has 0 aliphatic carbocycles. The van der Waals surface area contributed by atoms with E-state index in [1.54, 1.807) is 0 Å². The molecule has 0 atom stereocenters. The molecule has 0 aromatic heterocycles. The zero-order valence-corrected chi connectivity index (χ0v) is 18.5. The van der Waals surface area contributed by atoms with Crippen LogP contribution in [0.3, 0.4) is 0 Å². The molecule has 0 N–H and O–H groups in total. The van der Waals surface area contributed by atoms with Gasteiger partial charge in [-0.1, -0.05) is 41.0 Å². The molecule has 0 spiro atoms. The van der Waals surface area contributed by atoms with Gasteiger partial charge in [0.05, 0.1) is 12.2 Å². The molecule has 2 aliphatic rings. The lowest BCUT2D eigenvalue weighted by Crippen LogP contribution is -2.54. The van der Waals surface area contributed by atoms with Crippen LogP contribution in [-0.4, -0.2) is 85.8 Å². The van der Waals surface area contributed by atoms with E-state index in [1.807, 2.05) is 13.8 Å². The monoisotopic (exact) mass is 369 g/mol. The van der Waals surface area contributed by atoms with Crippen LogP contribution in [0.15, 0.2) is 0 Å².